The lowest BCUT2D eigenvalue weighted by molar-refractivity contribution is 0.247. The molecule has 6 nitrogen and oxygen atoms in total. The van der Waals surface area contributed by atoms with Gasteiger partial charge in [-0.25, -0.2) is 4.72 Å². The van der Waals surface area contributed by atoms with Crippen molar-refractivity contribution in [3.8, 4) is 0 Å². The van der Waals surface area contributed by atoms with Crippen molar-refractivity contribution in [3.63, 3.8) is 0 Å². The molecule has 124 valence electrons. The summed E-state index contributed by atoms with van der Waals surface area (Å²) >= 11 is 0. The molecular formula is C14H30N4O2S. The number of rotatable bonds is 11. The molecule has 21 heavy (non-hydrogen) atoms. The fourth-order valence-electron chi connectivity index (χ4n) is 2.34. The molecule has 2 rings (SSSR count). The van der Waals surface area contributed by atoms with Crippen LogP contribution >= 0.6 is 0 Å². The van der Waals surface area contributed by atoms with E-state index in [1.807, 2.05) is 0 Å². The van der Waals surface area contributed by atoms with Crippen molar-refractivity contribution >= 4 is 10.2 Å². The summed E-state index contributed by atoms with van der Waals surface area (Å²) in [5.74, 6) is 0. The van der Waals surface area contributed by atoms with Gasteiger partial charge in [0.05, 0.1) is 0 Å². The maximum Gasteiger partial charge on any atom is 0.279 e. The van der Waals surface area contributed by atoms with Gasteiger partial charge in [0, 0.05) is 38.3 Å². The van der Waals surface area contributed by atoms with Crippen LogP contribution in [0.15, 0.2) is 0 Å². The van der Waals surface area contributed by atoms with Crippen molar-refractivity contribution < 1.29 is 8.42 Å². The number of nitrogens with zero attached hydrogens (tertiary/aromatic N) is 2. The molecular weight excluding hydrogens is 288 g/mol. The van der Waals surface area contributed by atoms with Crippen LogP contribution in [0.3, 0.4) is 0 Å². The fourth-order valence-corrected chi connectivity index (χ4v) is 3.38. The Bertz CT molecular complexity index is 421. The number of hydrogen-bond acceptors (Lipinski definition) is 4. The molecule has 0 aliphatic heterocycles. The van der Waals surface area contributed by atoms with Gasteiger partial charge in [-0.2, -0.15) is 12.7 Å². The van der Waals surface area contributed by atoms with Gasteiger partial charge in [-0.05, 0) is 52.6 Å². The second kappa shape index (κ2) is 7.37. The molecule has 0 aromatic rings. The predicted octanol–water partition coefficient (Wildman–Crippen LogP) is 0.377. The second-order valence-electron chi connectivity index (χ2n) is 6.50. The normalized spacial score (nSPS) is 21.2. The Labute approximate surface area is 129 Å². The highest BCUT2D eigenvalue weighted by molar-refractivity contribution is 7.87. The van der Waals surface area contributed by atoms with Gasteiger partial charge in [-0.15, -0.1) is 0 Å². The third kappa shape index (κ3) is 5.83. The lowest BCUT2D eigenvalue weighted by Gasteiger charge is -2.26. The quantitative estimate of drug-likeness (QED) is 0.541. The molecule has 0 spiro atoms. The Morgan fingerprint density at radius 2 is 1.86 bits per heavy atom. The molecule has 0 aromatic heterocycles. The summed E-state index contributed by atoms with van der Waals surface area (Å²) in [6.45, 7) is 3.99. The van der Waals surface area contributed by atoms with E-state index in [4.69, 9.17) is 0 Å². The summed E-state index contributed by atoms with van der Waals surface area (Å²) in [6, 6.07) is 1.57. The molecule has 0 radical (unpaired) electrons. The van der Waals surface area contributed by atoms with Gasteiger partial charge >= 0.3 is 0 Å². The summed E-state index contributed by atoms with van der Waals surface area (Å²) < 4.78 is 28.5. The van der Waals surface area contributed by atoms with E-state index in [2.05, 4.69) is 28.9 Å². The third-order valence-corrected chi connectivity index (χ3v) is 5.98. The molecule has 0 heterocycles. The minimum Gasteiger partial charge on any atom is -0.314 e. The molecule has 2 aliphatic carbocycles. The van der Waals surface area contributed by atoms with Gasteiger partial charge in [-0.1, -0.05) is 0 Å². The van der Waals surface area contributed by atoms with Gasteiger partial charge in [0.1, 0.15) is 0 Å². The lowest BCUT2D eigenvalue weighted by Crippen LogP contribution is -2.46. The number of likely N-dealkylation sites (N-methyl/N-ethyl adjacent to an activating group) is 1. The van der Waals surface area contributed by atoms with Gasteiger partial charge in [-0.3, -0.25) is 4.90 Å². The predicted molar refractivity (Wildman–Crippen MR) is 85.4 cm³/mol. The molecule has 2 saturated carbocycles. The van der Waals surface area contributed by atoms with E-state index < -0.39 is 10.2 Å². The molecule has 2 N–H and O–H groups in total. The Morgan fingerprint density at radius 3 is 2.43 bits per heavy atom. The first-order valence-electron chi connectivity index (χ1n) is 8.06. The largest absolute Gasteiger partial charge is 0.314 e. The Morgan fingerprint density at radius 1 is 1.19 bits per heavy atom. The van der Waals surface area contributed by atoms with Crippen LogP contribution in [0, 0.1) is 0 Å². The third-order valence-electron chi connectivity index (χ3n) is 4.45. The molecule has 7 heteroatoms. The highest BCUT2D eigenvalue weighted by atomic mass is 32.2. The highest BCUT2D eigenvalue weighted by Crippen LogP contribution is 2.26. The Balaban J connectivity index is 1.63. The molecule has 0 aromatic carbocycles. The summed E-state index contributed by atoms with van der Waals surface area (Å²) in [7, 11) is 0.371. The minimum atomic E-state index is -3.35. The van der Waals surface area contributed by atoms with Crippen LogP contribution in [0.4, 0.5) is 0 Å². The summed E-state index contributed by atoms with van der Waals surface area (Å²) in [4.78, 5) is 2.27. The average molecular weight is 318 g/mol. The zero-order valence-electron chi connectivity index (χ0n) is 13.5. The van der Waals surface area contributed by atoms with Crippen molar-refractivity contribution in [2.45, 2.75) is 57.2 Å². The zero-order valence-corrected chi connectivity index (χ0v) is 14.3. The monoisotopic (exact) mass is 318 g/mol. The van der Waals surface area contributed by atoms with E-state index >= 15 is 0 Å². The maximum atomic E-state index is 12.2. The van der Waals surface area contributed by atoms with E-state index in [1.54, 1.807) is 7.05 Å². The first-order valence-corrected chi connectivity index (χ1v) is 9.50. The van der Waals surface area contributed by atoms with E-state index in [9.17, 15) is 8.42 Å². The van der Waals surface area contributed by atoms with E-state index in [0.717, 1.165) is 13.0 Å². The summed E-state index contributed by atoms with van der Waals surface area (Å²) in [5, 5.41) is 3.40. The number of nitrogens with one attached hydrogen (secondary N) is 2. The SMILES string of the molecule is CC(CNS(=O)(=O)N(C)CCCNC1CC1)N(C)C1CC1. The van der Waals surface area contributed by atoms with Crippen LogP contribution in [0.1, 0.15) is 39.0 Å². The molecule has 2 aliphatic rings. The highest BCUT2D eigenvalue weighted by Gasteiger charge is 2.29. The van der Waals surface area contributed by atoms with Gasteiger partial charge in [0.15, 0.2) is 0 Å². The molecule has 1 atom stereocenters. The van der Waals surface area contributed by atoms with Crippen LogP contribution in [0.5, 0.6) is 0 Å². The molecule has 0 bridgehead atoms. The van der Waals surface area contributed by atoms with Crippen LogP contribution in [0.25, 0.3) is 0 Å². The Hall–Kier alpha value is -0.210. The molecule has 0 saturated heterocycles. The second-order valence-corrected chi connectivity index (χ2v) is 8.36. The van der Waals surface area contributed by atoms with Gasteiger partial charge in [0.25, 0.3) is 10.2 Å². The van der Waals surface area contributed by atoms with Crippen molar-refractivity contribution in [3.05, 3.63) is 0 Å². The van der Waals surface area contributed by atoms with Crippen molar-refractivity contribution in [1.29, 1.82) is 0 Å². The van der Waals surface area contributed by atoms with E-state index in [1.165, 1.54) is 30.0 Å². The van der Waals surface area contributed by atoms with Crippen molar-refractivity contribution in [2.75, 3.05) is 33.7 Å². The first kappa shape index (κ1) is 17.1. The van der Waals surface area contributed by atoms with Crippen molar-refractivity contribution in [2.24, 2.45) is 0 Å². The topological polar surface area (TPSA) is 64.7 Å². The fraction of sp³-hybridized carbons (Fsp3) is 1.00. The van der Waals surface area contributed by atoms with Crippen LogP contribution < -0.4 is 10.0 Å². The minimum absolute atomic E-state index is 0.234. The Kier molecular flexibility index (Phi) is 6.02. The standard InChI is InChI=1S/C14H30N4O2S/c1-12(18(3)14-7-8-14)11-16-21(19,20)17(2)10-4-9-15-13-5-6-13/h12-16H,4-11H2,1-3H3. The maximum absolute atomic E-state index is 12.2. The molecule has 2 fully saturated rings. The van der Waals surface area contributed by atoms with Crippen LogP contribution in [0.2, 0.25) is 0 Å². The van der Waals surface area contributed by atoms with E-state index in [0.29, 0.717) is 25.2 Å². The molecule has 1 unspecified atom stereocenters. The summed E-state index contributed by atoms with van der Waals surface area (Å²) in [6.07, 6.45) is 5.86. The molecule has 0 amide bonds. The zero-order chi connectivity index (χ0) is 15.5. The van der Waals surface area contributed by atoms with Crippen LogP contribution in [-0.2, 0) is 10.2 Å². The van der Waals surface area contributed by atoms with Gasteiger partial charge in [0.2, 0.25) is 0 Å². The first-order chi connectivity index (χ1) is 9.90. The smallest absolute Gasteiger partial charge is 0.279 e. The lowest BCUT2D eigenvalue weighted by atomic mass is 10.3. The van der Waals surface area contributed by atoms with E-state index in [-0.39, 0.29) is 6.04 Å². The summed E-state index contributed by atoms with van der Waals surface area (Å²) in [5.41, 5.74) is 0. The van der Waals surface area contributed by atoms with Crippen LogP contribution in [-0.4, -0.2) is 69.5 Å². The van der Waals surface area contributed by atoms with Gasteiger partial charge < -0.3 is 5.32 Å². The number of hydrogen-bond donors (Lipinski definition) is 2. The van der Waals surface area contributed by atoms with Crippen molar-refractivity contribution in [1.82, 2.24) is 19.2 Å². The average Bonchev–Trinajstić information content (AvgIpc) is 3.31.